The normalized spacial score (nSPS) is 11.2. The van der Waals surface area contributed by atoms with Crippen molar-refractivity contribution in [3.8, 4) is 11.6 Å². The molecule has 3 heterocycles. The van der Waals surface area contributed by atoms with E-state index < -0.39 is 5.97 Å². The molecular formula is C19H14ClN3O4. The fourth-order valence-electron chi connectivity index (χ4n) is 3.06. The molecule has 7 nitrogen and oxygen atoms in total. The summed E-state index contributed by atoms with van der Waals surface area (Å²) in [6, 6.07) is 8.86. The molecule has 27 heavy (non-hydrogen) atoms. The number of aromatic amines is 1. The van der Waals surface area contributed by atoms with Crippen LogP contribution in [-0.2, 0) is 11.3 Å². The van der Waals surface area contributed by atoms with Crippen molar-refractivity contribution in [3.63, 3.8) is 0 Å². The topological polar surface area (TPSA) is 97.3 Å². The molecule has 2 N–H and O–H groups in total. The summed E-state index contributed by atoms with van der Waals surface area (Å²) in [5.41, 5.74) is 1.92. The SMILES string of the molecule is COCc1c(C(=O)O)ncc2[nH]c3cccc(Oc4ccc(Cl)cn4)c3c12. The van der Waals surface area contributed by atoms with E-state index in [-0.39, 0.29) is 12.3 Å². The van der Waals surface area contributed by atoms with Crippen molar-refractivity contribution in [1.29, 1.82) is 0 Å². The van der Waals surface area contributed by atoms with E-state index in [1.54, 1.807) is 18.2 Å². The first-order valence-corrected chi connectivity index (χ1v) is 8.40. The zero-order chi connectivity index (χ0) is 19.0. The highest BCUT2D eigenvalue weighted by molar-refractivity contribution is 6.30. The lowest BCUT2D eigenvalue weighted by molar-refractivity contribution is 0.0685. The van der Waals surface area contributed by atoms with Crippen LogP contribution in [0.25, 0.3) is 21.8 Å². The Morgan fingerprint density at radius 2 is 2.00 bits per heavy atom. The summed E-state index contributed by atoms with van der Waals surface area (Å²) < 4.78 is 11.2. The second-order valence-corrected chi connectivity index (χ2v) is 6.27. The minimum Gasteiger partial charge on any atom is -0.477 e. The van der Waals surface area contributed by atoms with Gasteiger partial charge in [0.1, 0.15) is 5.75 Å². The van der Waals surface area contributed by atoms with E-state index >= 15 is 0 Å². The number of fused-ring (bicyclic) bond motifs is 3. The molecule has 0 atom stereocenters. The predicted molar refractivity (Wildman–Crippen MR) is 101 cm³/mol. The largest absolute Gasteiger partial charge is 0.477 e. The summed E-state index contributed by atoms with van der Waals surface area (Å²) in [6.07, 6.45) is 3.00. The van der Waals surface area contributed by atoms with Gasteiger partial charge in [-0.3, -0.25) is 0 Å². The van der Waals surface area contributed by atoms with Crippen LogP contribution in [0.3, 0.4) is 0 Å². The monoisotopic (exact) mass is 383 g/mol. The molecule has 0 fully saturated rings. The third-order valence-corrected chi connectivity index (χ3v) is 4.35. The zero-order valence-corrected chi connectivity index (χ0v) is 14.9. The average Bonchev–Trinajstić information content (AvgIpc) is 3.04. The van der Waals surface area contributed by atoms with Gasteiger partial charge in [-0.2, -0.15) is 0 Å². The van der Waals surface area contributed by atoms with Gasteiger partial charge >= 0.3 is 5.97 Å². The number of nitrogens with zero attached hydrogens (tertiary/aromatic N) is 2. The van der Waals surface area contributed by atoms with Crippen molar-refractivity contribution in [2.75, 3.05) is 7.11 Å². The van der Waals surface area contributed by atoms with Gasteiger partial charge in [0.25, 0.3) is 0 Å². The first kappa shape index (κ1) is 17.3. The van der Waals surface area contributed by atoms with Gasteiger partial charge in [-0.15, -0.1) is 0 Å². The van der Waals surface area contributed by atoms with Crippen LogP contribution in [0.5, 0.6) is 11.6 Å². The number of pyridine rings is 2. The Bertz CT molecular complexity index is 1160. The fraction of sp³-hybridized carbons (Fsp3) is 0.105. The molecular weight excluding hydrogens is 370 g/mol. The second-order valence-electron chi connectivity index (χ2n) is 5.83. The van der Waals surface area contributed by atoms with Crippen molar-refractivity contribution < 1.29 is 19.4 Å². The van der Waals surface area contributed by atoms with Crippen molar-refractivity contribution in [2.24, 2.45) is 0 Å². The number of carboxylic acid groups (broad SMARTS) is 1. The number of carboxylic acids is 1. The molecule has 4 rings (SSSR count). The van der Waals surface area contributed by atoms with Crippen molar-refractivity contribution in [2.45, 2.75) is 6.61 Å². The van der Waals surface area contributed by atoms with Gasteiger partial charge < -0.3 is 19.6 Å². The van der Waals surface area contributed by atoms with Crippen molar-refractivity contribution in [3.05, 3.63) is 59.0 Å². The number of benzene rings is 1. The van der Waals surface area contributed by atoms with Gasteiger partial charge in [0.2, 0.25) is 5.88 Å². The Morgan fingerprint density at radius 1 is 1.15 bits per heavy atom. The maximum absolute atomic E-state index is 11.6. The molecule has 0 amide bonds. The van der Waals surface area contributed by atoms with Crippen LogP contribution in [0.2, 0.25) is 5.02 Å². The number of hydrogen-bond donors (Lipinski definition) is 2. The number of rotatable bonds is 5. The molecule has 0 aliphatic rings. The van der Waals surface area contributed by atoms with E-state index in [4.69, 9.17) is 21.1 Å². The van der Waals surface area contributed by atoms with Gasteiger partial charge in [0.15, 0.2) is 5.69 Å². The molecule has 0 saturated heterocycles. The maximum Gasteiger partial charge on any atom is 0.354 e. The molecule has 0 aliphatic carbocycles. The van der Waals surface area contributed by atoms with Crippen LogP contribution in [0.15, 0.2) is 42.7 Å². The first-order chi connectivity index (χ1) is 13.1. The molecule has 8 heteroatoms. The van der Waals surface area contributed by atoms with Crippen LogP contribution >= 0.6 is 11.6 Å². The summed E-state index contributed by atoms with van der Waals surface area (Å²) in [7, 11) is 1.51. The lowest BCUT2D eigenvalue weighted by atomic mass is 10.1. The molecule has 1 aromatic carbocycles. The minimum atomic E-state index is -1.11. The summed E-state index contributed by atoms with van der Waals surface area (Å²) >= 11 is 5.87. The number of aromatic carboxylic acids is 1. The molecule has 0 saturated carbocycles. The average molecular weight is 384 g/mol. The van der Waals surface area contributed by atoms with Gasteiger partial charge in [0.05, 0.1) is 34.2 Å². The smallest absolute Gasteiger partial charge is 0.354 e. The van der Waals surface area contributed by atoms with Crippen molar-refractivity contribution in [1.82, 2.24) is 15.0 Å². The quantitative estimate of drug-likeness (QED) is 0.530. The minimum absolute atomic E-state index is 0.0512. The number of ether oxygens (including phenoxy) is 2. The standard InChI is InChI=1S/C19H14ClN3O4/c1-26-9-11-16-13(8-22-18(11)19(24)25)23-12-3-2-4-14(17(12)16)27-15-6-5-10(20)7-21-15/h2-8,23H,9H2,1H3,(H,24,25). The number of H-pyrrole nitrogens is 1. The second kappa shape index (κ2) is 6.86. The molecule has 4 aromatic rings. The van der Waals surface area contributed by atoms with E-state index in [0.717, 1.165) is 10.9 Å². The highest BCUT2D eigenvalue weighted by atomic mass is 35.5. The Hall–Kier alpha value is -3.16. The third kappa shape index (κ3) is 3.07. The number of halogens is 1. The number of carbonyl (C=O) groups is 1. The Labute approximate surface area is 158 Å². The Kier molecular flexibility index (Phi) is 4.39. The summed E-state index contributed by atoms with van der Waals surface area (Å²) in [6.45, 7) is 0.104. The lowest BCUT2D eigenvalue weighted by Gasteiger charge is -2.09. The lowest BCUT2D eigenvalue weighted by Crippen LogP contribution is -2.07. The molecule has 136 valence electrons. The predicted octanol–water partition coefficient (Wildman–Crippen LogP) is 4.40. The van der Waals surface area contributed by atoms with Gasteiger partial charge in [-0.1, -0.05) is 17.7 Å². The first-order valence-electron chi connectivity index (χ1n) is 8.02. The van der Waals surface area contributed by atoms with Gasteiger partial charge in [0, 0.05) is 30.3 Å². The van der Waals surface area contributed by atoms with Crippen LogP contribution in [-0.4, -0.2) is 33.1 Å². The molecule has 0 aliphatic heterocycles. The van der Waals surface area contributed by atoms with E-state index in [9.17, 15) is 9.90 Å². The van der Waals surface area contributed by atoms with Crippen LogP contribution in [0, 0.1) is 0 Å². The Morgan fingerprint density at radius 3 is 2.70 bits per heavy atom. The van der Waals surface area contributed by atoms with Crippen LogP contribution in [0.4, 0.5) is 0 Å². The molecule has 0 bridgehead atoms. The third-order valence-electron chi connectivity index (χ3n) is 4.13. The van der Waals surface area contributed by atoms with Gasteiger partial charge in [-0.25, -0.2) is 14.8 Å². The fourth-order valence-corrected chi connectivity index (χ4v) is 3.17. The van der Waals surface area contributed by atoms with E-state index in [1.807, 2.05) is 12.1 Å². The molecule has 0 radical (unpaired) electrons. The number of methoxy groups -OCH3 is 1. The number of hydrogen-bond acceptors (Lipinski definition) is 5. The Balaban J connectivity index is 1.98. The highest BCUT2D eigenvalue weighted by Gasteiger charge is 2.20. The van der Waals surface area contributed by atoms with Crippen LogP contribution in [0.1, 0.15) is 16.1 Å². The highest BCUT2D eigenvalue weighted by Crippen LogP contribution is 2.37. The summed E-state index contributed by atoms with van der Waals surface area (Å²) in [5, 5.41) is 11.5. The maximum atomic E-state index is 11.6. The van der Waals surface area contributed by atoms with Crippen molar-refractivity contribution >= 4 is 39.4 Å². The van der Waals surface area contributed by atoms with E-state index in [0.29, 0.717) is 33.1 Å². The molecule has 0 spiro atoms. The zero-order valence-electron chi connectivity index (χ0n) is 14.2. The summed E-state index contributed by atoms with van der Waals surface area (Å²) in [5.74, 6) is -0.202. The van der Waals surface area contributed by atoms with E-state index in [1.165, 1.54) is 19.5 Å². The number of nitrogens with one attached hydrogen (secondary N) is 1. The van der Waals surface area contributed by atoms with Gasteiger partial charge in [-0.05, 0) is 18.2 Å². The van der Waals surface area contributed by atoms with E-state index in [2.05, 4.69) is 15.0 Å². The van der Waals surface area contributed by atoms with Crippen LogP contribution < -0.4 is 4.74 Å². The number of aromatic nitrogens is 3. The molecule has 3 aromatic heterocycles. The molecule has 0 unspecified atom stereocenters. The summed E-state index contributed by atoms with van der Waals surface area (Å²) in [4.78, 5) is 23.1.